The van der Waals surface area contributed by atoms with Crippen molar-refractivity contribution in [2.45, 2.75) is 38.5 Å². The van der Waals surface area contributed by atoms with Crippen molar-refractivity contribution >= 4 is 23.2 Å². The van der Waals surface area contributed by atoms with Crippen LogP contribution in [-0.2, 0) is 6.18 Å². The molecule has 0 aromatic heterocycles. The highest BCUT2D eigenvalue weighted by Gasteiger charge is 2.38. The first-order valence-electron chi connectivity index (χ1n) is 10.00. The van der Waals surface area contributed by atoms with Gasteiger partial charge in [0.25, 0.3) is 11.8 Å². The molecule has 2 heterocycles. The lowest BCUT2D eigenvalue weighted by Crippen LogP contribution is -2.57. The number of carbonyl (C=O) groups excluding carboxylic acids is 2. The van der Waals surface area contributed by atoms with E-state index in [9.17, 15) is 22.8 Å². The van der Waals surface area contributed by atoms with Crippen LogP contribution in [0.1, 0.15) is 52.5 Å². The minimum Gasteiger partial charge on any atom is -0.351 e. The number of carbonyl (C=O) groups is 2. The van der Waals surface area contributed by atoms with Gasteiger partial charge < -0.3 is 15.1 Å². The molecule has 0 unspecified atom stereocenters. The molecule has 1 fully saturated rings. The van der Waals surface area contributed by atoms with Crippen molar-refractivity contribution in [3.63, 3.8) is 0 Å². The second-order valence-corrected chi connectivity index (χ2v) is 7.53. The van der Waals surface area contributed by atoms with E-state index in [0.717, 1.165) is 37.9 Å². The average molecular weight is 417 g/mol. The van der Waals surface area contributed by atoms with Crippen LogP contribution in [0.5, 0.6) is 0 Å². The Bertz CT molecular complexity index is 990. The van der Waals surface area contributed by atoms with Crippen molar-refractivity contribution in [3.05, 3.63) is 59.2 Å². The normalized spacial score (nSPS) is 18.7. The molecule has 2 aromatic carbocycles. The van der Waals surface area contributed by atoms with E-state index in [0.29, 0.717) is 23.4 Å². The average Bonchev–Trinajstić information content (AvgIpc) is 2.73. The molecule has 2 aliphatic heterocycles. The topological polar surface area (TPSA) is 52.7 Å². The molecule has 0 aliphatic carbocycles. The second-order valence-electron chi connectivity index (χ2n) is 7.53. The second kappa shape index (κ2) is 7.66. The molecule has 5 nitrogen and oxygen atoms in total. The van der Waals surface area contributed by atoms with Gasteiger partial charge in [0.05, 0.1) is 16.8 Å². The standard InChI is InChI=1S/C22H22F3N3O2/c1-2-27-18-12-14(9-10-17(18)21(30)28-11-4-3-8-19(27)28)20(29)26-16-7-5-6-15(13-16)22(23,24)25/h5-7,9-10,12-13,19H,2-4,8,11H2,1H3,(H,26,29)/t19-/m1/s1. The predicted octanol–water partition coefficient (Wildman–Crippen LogP) is 4.75. The Kier molecular flexibility index (Phi) is 5.17. The van der Waals surface area contributed by atoms with Gasteiger partial charge in [0.1, 0.15) is 6.17 Å². The van der Waals surface area contributed by atoms with Gasteiger partial charge in [-0.1, -0.05) is 6.07 Å². The summed E-state index contributed by atoms with van der Waals surface area (Å²) in [6.45, 7) is 3.40. The summed E-state index contributed by atoms with van der Waals surface area (Å²) >= 11 is 0. The zero-order valence-corrected chi connectivity index (χ0v) is 16.5. The van der Waals surface area contributed by atoms with Gasteiger partial charge in [-0.05, 0) is 62.6 Å². The van der Waals surface area contributed by atoms with Gasteiger partial charge >= 0.3 is 6.18 Å². The van der Waals surface area contributed by atoms with Crippen LogP contribution < -0.4 is 10.2 Å². The number of rotatable bonds is 3. The number of anilines is 2. The van der Waals surface area contributed by atoms with Gasteiger partial charge in [-0.15, -0.1) is 0 Å². The number of amides is 2. The van der Waals surface area contributed by atoms with Crippen LogP contribution in [0, 0.1) is 0 Å². The van der Waals surface area contributed by atoms with Crippen molar-refractivity contribution in [2.24, 2.45) is 0 Å². The number of piperidine rings is 1. The maximum absolute atomic E-state index is 12.9. The van der Waals surface area contributed by atoms with Crippen LogP contribution in [0.4, 0.5) is 24.5 Å². The summed E-state index contributed by atoms with van der Waals surface area (Å²) in [5.41, 5.74) is 0.773. The van der Waals surface area contributed by atoms with E-state index in [1.54, 1.807) is 12.1 Å². The zero-order chi connectivity index (χ0) is 21.5. The van der Waals surface area contributed by atoms with Gasteiger partial charge in [0.15, 0.2) is 0 Å². The molecule has 30 heavy (non-hydrogen) atoms. The Morgan fingerprint density at radius 2 is 1.97 bits per heavy atom. The molecular weight excluding hydrogens is 395 g/mol. The third-order valence-electron chi connectivity index (χ3n) is 5.68. The molecule has 1 saturated heterocycles. The Labute approximate surface area is 172 Å². The van der Waals surface area contributed by atoms with Gasteiger partial charge in [0.2, 0.25) is 0 Å². The molecule has 0 bridgehead atoms. The van der Waals surface area contributed by atoms with Crippen molar-refractivity contribution in [1.82, 2.24) is 4.90 Å². The largest absolute Gasteiger partial charge is 0.416 e. The molecule has 0 radical (unpaired) electrons. The minimum atomic E-state index is -4.49. The fraction of sp³-hybridized carbons (Fsp3) is 0.364. The zero-order valence-electron chi connectivity index (χ0n) is 16.5. The van der Waals surface area contributed by atoms with Crippen molar-refractivity contribution in [3.8, 4) is 0 Å². The van der Waals surface area contributed by atoms with Gasteiger partial charge in [-0.25, -0.2) is 0 Å². The molecule has 1 N–H and O–H groups in total. The lowest BCUT2D eigenvalue weighted by atomic mass is 9.97. The number of nitrogens with one attached hydrogen (secondary N) is 1. The fourth-order valence-corrected chi connectivity index (χ4v) is 4.24. The Balaban J connectivity index is 1.63. The van der Waals surface area contributed by atoms with Crippen LogP contribution in [-0.4, -0.2) is 36.0 Å². The van der Waals surface area contributed by atoms with Crippen molar-refractivity contribution < 1.29 is 22.8 Å². The Morgan fingerprint density at radius 1 is 1.17 bits per heavy atom. The molecule has 0 saturated carbocycles. The molecule has 8 heteroatoms. The smallest absolute Gasteiger partial charge is 0.351 e. The SMILES string of the molecule is CCN1c2cc(C(=O)Nc3cccc(C(F)(F)F)c3)ccc2C(=O)N2CCCC[C@@H]21. The Morgan fingerprint density at radius 3 is 2.70 bits per heavy atom. The summed E-state index contributed by atoms with van der Waals surface area (Å²) < 4.78 is 38.8. The molecule has 1 atom stereocenters. The summed E-state index contributed by atoms with van der Waals surface area (Å²) in [7, 11) is 0. The number of halogens is 3. The monoisotopic (exact) mass is 417 g/mol. The van der Waals surface area contributed by atoms with E-state index < -0.39 is 17.6 Å². The summed E-state index contributed by atoms with van der Waals surface area (Å²) in [6, 6.07) is 9.34. The lowest BCUT2D eigenvalue weighted by Gasteiger charge is -2.47. The van der Waals surface area contributed by atoms with E-state index in [1.165, 1.54) is 18.2 Å². The summed E-state index contributed by atoms with van der Waals surface area (Å²) in [5, 5.41) is 2.53. The maximum Gasteiger partial charge on any atom is 0.416 e. The van der Waals surface area contributed by atoms with Crippen molar-refractivity contribution in [2.75, 3.05) is 23.3 Å². The highest BCUT2D eigenvalue weighted by molar-refractivity contribution is 6.08. The summed E-state index contributed by atoms with van der Waals surface area (Å²) in [4.78, 5) is 29.6. The lowest BCUT2D eigenvalue weighted by molar-refractivity contribution is -0.137. The maximum atomic E-state index is 12.9. The number of hydrogen-bond donors (Lipinski definition) is 1. The number of alkyl halides is 3. The number of hydrogen-bond acceptors (Lipinski definition) is 3. The number of fused-ring (bicyclic) bond motifs is 2. The number of benzene rings is 2. The highest BCUT2D eigenvalue weighted by atomic mass is 19.4. The molecule has 0 spiro atoms. The number of nitrogens with zero attached hydrogens (tertiary/aromatic N) is 2. The third kappa shape index (κ3) is 3.62. The van der Waals surface area contributed by atoms with Gasteiger partial charge in [-0.2, -0.15) is 13.2 Å². The summed E-state index contributed by atoms with van der Waals surface area (Å²) in [5.74, 6) is -0.559. The minimum absolute atomic E-state index is 0.0227. The molecule has 2 aliphatic rings. The molecule has 2 amide bonds. The molecule has 158 valence electrons. The highest BCUT2D eigenvalue weighted by Crippen LogP contribution is 2.36. The predicted molar refractivity (Wildman–Crippen MR) is 108 cm³/mol. The first-order chi connectivity index (χ1) is 14.3. The first-order valence-corrected chi connectivity index (χ1v) is 10.00. The molecule has 4 rings (SSSR count). The van der Waals surface area contributed by atoms with Crippen LogP contribution in [0.3, 0.4) is 0 Å². The first kappa shape index (κ1) is 20.3. The third-order valence-corrected chi connectivity index (χ3v) is 5.68. The molecular formula is C22H22F3N3O2. The van der Waals surface area contributed by atoms with E-state index in [2.05, 4.69) is 10.2 Å². The van der Waals surface area contributed by atoms with Crippen LogP contribution in [0.2, 0.25) is 0 Å². The Hall–Kier alpha value is -3.03. The van der Waals surface area contributed by atoms with Gasteiger partial charge in [-0.3, -0.25) is 9.59 Å². The molecule has 2 aromatic rings. The van der Waals surface area contributed by atoms with E-state index in [-0.39, 0.29) is 17.8 Å². The van der Waals surface area contributed by atoms with E-state index >= 15 is 0 Å². The van der Waals surface area contributed by atoms with Crippen LogP contribution in [0.25, 0.3) is 0 Å². The quantitative estimate of drug-likeness (QED) is 0.784. The fourth-order valence-electron chi connectivity index (χ4n) is 4.24. The van der Waals surface area contributed by atoms with E-state index in [4.69, 9.17) is 0 Å². The van der Waals surface area contributed by atoms with E-state index in [1.807, 2.05) is 11.8 Å². The van der Waals surface area contributed by atoms with Crippen LogP contribution >= 0.6 is 0 Å². The summed E-state index contributed by atoms with van der Waals surface area (Å²) in [6.07, 6.45) is -1.62. The van der Waals surface area contributed by atoms with Crippen molar-refractivity contribution in [1.29, 1.82) is 0 Å². The van der Waals surface area contributed by atoms with Crippen LogP contribution in [0.15, 0.2) is 42.5 Å². The van der Waals surface area contributed by atoms with Gasteiger partial charge in [0, 0.05) is 24.3 Å².